The Morgan fingerprint density at radius 3 is 2.21 bits per heavy atom. The van der Waals surface area contributed by atoms with Crippen molar-refractivity contribution >= 4 is 39.1 Å². The number of rotatable bonds is 12. The monoisotopic (exact) mass is 571 g/mol. The molecular formula is C29H34ClN3O5S. The van der Waals surface area contributed by atoms with E-state index in [2.05, 4.69) is 5.32 Å². The highest BCUT2D eigenvalue weighted by molar-refractivity contribution is 7.92. The zero-order valence-corrected chi connectivity index (χ0v) is 24.1. The summed E-state index contributed by atoms with van der Waals surface area (Å²) in [5, 5.41) is 3.32. The smallest absolute Gasteiger partial charge is 0.264 e. The van der Waals surface area contributed by atoms with Crippen LogP contribution in [0.15, 0.2) is 83.8 Å². The number of benzene rings is 3. The first-order valence-corrected chi connectivity index (χ1v) is 14.5. The number of sulfonamides is 1. The van der Waals surface area contributed by atoms with E-state index >= 15 is 0 Å². The van der Waals surface area contributed by atoms with Crippen molar-refractivity contribution in [2.24, 2.45) is 0 Å². The summed E-state index contributed by atoms with van der Waals surface area (Å²) < 4.78 is 34.1. The molecule has 0 aliphatic rings. The third kappa shape index (κ3) is 7.97. The van der Waals surface area contributed by atoms with Gasteiger partial charge in [0, 0.05) is 17.6 Å². The van der Waals surface area contributed by atoms with Crippen molar-refractivity contribution in [2.75, 3.05) is 17.5 Å². The van der Waals surface area contributed by atoms with Crippen LogP contribution in [-0.4, -0.2) is 50.4 Å². The van der Waals surface area contributed by atoms with E-state index in [9.17, 15) is 18.0 Å². The summed E-state index contributed by atoms with van der Waals surface area (Å²) in [6, 6.07) is 20.4. The minimum absolute atomic E-state index is 0.0404. The van der Waals surface area contributed by atoms with Crippen LogP contribution in [0.2, 0.25) is 5.02 Å². The van der Waals surface area contributed by atoms with E-state index in [1.165, 1.54) is 17.0 Å². The number of ether oxygens (including phenoxy) is 1. The molecule has 1 N–H and O–H groups in total. The van der Waals surface area contributed by atoms with Gasteiger partial charge >= 0.3 is 0 Å². The molecule has 0 saturated heterocycles. The van der Waals surface area contributed by atoms with E-state index in [1.54, 1.807) is 73.7 Å². The predicted molar refractivity (Wildman–Crippen MR) is 153 cm³/mol. The molecule has 0 aliphatic carbocycles. The molecule has 0 radical (unpaired) electrons. The van der Waals surface area contributed by atoms with E-state index in [0.717, 1.165) is 4.31 Å². The lowest BCUT2D eigenvalue weighted by Crippen LogP contribution is -2.52. The molecule has 0 fully saturated rings. The largest absolute Gasteiger partial charge is 0.494 e. The standard InChI is InChI=1S/C29H34ClN3O5S/c1-5-38-26-16-14-25(15-17-26)33(39(36,37)27-12-7-6-8-13-27)20-28(34)32(22(4)29(35)31-21(2)3)19-23-10-9-11-24(30)18-23/h6-18,21-22H,5,19-20H2,1-4H3,(H,31,35)/t22-/m0/s1. The molecular weight excluding hydrogens is 538 g/mol. The molecule has 0 saturated carbocycles. The number of carbonyl (C=O) groups is 2. The van der Waals surface area contributed by atoms with Crippen molar-refractivity contribution in [3.8, 4) is 5.75 Å². The van der Waals surface area contributed by atoms with Gasteiger partial charge in [0.2, 0.25) is 11.8 Å². The molecule has 0 bridgehead atoms. The second-order valence-electron chi connectivity index (χ2n) is 9.24. The highest BCUT2D eigenvalue weighted by atomic mass is 35.5. The van der Waals surface area contributed by atoms with Crippen molar-refractivity contribution < 1.29 is 22.7 Å². The first kappa shape index (κ1) is 30.0. The first-order chi connectivity index (χ1) is 18.5. The Morgan fingerprint density at radius 2 is 1.62 bits per heavy atom. The summed E-state index contributed by atoms with van der Waals surface area (Å²) in [5.74, 6) is -0.320. The second kappa shape index (κ2) is 13.5. The number of carbonyl (C=O) groups excluding carboxylic acids is 2. The lowest BCUT2D eigenvalue weighted by atomic mass is 10.1. The molecule has 8 nitrogen and oxygen atoms in total. The maximum atomic E-state index is 13.9. The third-order valence-corrected chi connectivity index (χ3v) is 7.91. The topological polar surface area (TPSA) is 96.0 Å². The fourth-order valence-corrected chi connectivity index (χ4v) is 5.59. The summed E-state index contributed by atoms with van der Waals surface area (Å²) >= 11 is 6.17. The maximum Gasteiger partial charge on any atom is 0.264 e. The van der Waals surface area contributed by atoms with Crippen molar-refractivity contribution in [2.45, 2.75) is 51.2 Å². The van der Waals surface area contributed by atoms with Crippen LogP contribution >= 0.6 is 11.6 Å². The number of hydrogen-bond donors (Lipinski definition) is 1. The first-order valence-electron chi connectivity index (χ1n) is 12.7. The normalized spacial score (nSPS) is 12.1. The molecule has 3 aromatic carbocycles. The van der Waals surface area contributed by atoms with Crippen molar-refractivity contribution in [1.82, 2.24) is 10.2 Å². The van der Waals surface area contributed by atoms with Gasteiger partial charge in [-0.15, -0.1) is 0 Å². The van der Waals surface area contributed by atoms with Gasteiger partial charge < -0.3 is 15.0 Å². The molecule has 0 heterocycles. The average Bonchev–Trinajstić information content (AvgIpc) is 2.90. The van der Waals surface area contributed by atoms with Crippen molar-refractivity contribution in [3.05, 3.63) is 89.4 Å². The number of amides is 2. The fourth-order valence-electron chi connectivity index (χ4n) is 3.94. The Hall–Kier alpha value is -3.56. The lowest BCUT2D eigenvalue weighted by molar-refractivity contribution is -0.139. The molecule has 10 heteroatoms. The zero-order valence-electron chi connectivity index (χ0n) is 22.5. The van der Waals surface area contributed by atoms with Crippen LogP contribution in [0.5, 0.6) is 5.75 Å². The molecule has 2 amide bonds. The summed E-state index contributed by atoms with van der Waals surface area (Å²) in [6.07, 6.45) is 0. The molecule has 0 aromatic heterocycles. The molecule has 0 aliphatic heterocycles. The number of halogens is 1. The summed E-state index contributed by atoms with van der Waals surface area (Å²) in [5.41, 5.74) is 0.997. The van der Waals surface area contributed by atoms with E-state index in [4.69, 9.17) is 16.3 Å². The lowest BCUT2D eigenvalue weighted by Gasteiger charge is -2.32. The Kier molecular flexibility index (Phi) is 10.4. The third-order valence-electron chi connectivity index (χ3n) is 5.89. The van der Waals surface area contributed by atoms with Gasteiger partial charge in [0.05, 0.1) is 17.2 Å². The van der Waals surface area contributed by atoms with Crippen LogP contribution in [0.1, 0.15) is 33.3 Å². The molecule has 208 valence electrons. The van der Waals surface area contributed by atoms with Crippen molar-refractivity contribution in [3.63, 3.8) is 0 Å². The molecule has 1 atom stereocenters. The van der Waals surface area contributed by atoms with Crippen LogP contribution in [0.25, 0.3) is 0 Å². The van der Waals surface area contributed by atoms with Gasteiger partial charge in [-0.05, 0) is 81.8 Å². The van der Waals surface area contributed by atoms with Crippen LogP contribution < -0.4 is 14.4 Å². The van der Waals surface area contributed by atoms with E-state index in [0.29, 0.717) is 22.9 Å². The second-order valence-corrected chi connectivity index (χ2v) is 11.5. The Morgan fingerprint density at radius 1 is 0.949 bits per heavy atom. The Labute approximate surface area is 235 Å². The van der Waals surface area contributed by atoms with Crippen LogP contribution in [-0.2, 0) is 26.2 Å². The molecule has 39 heavy (non-hydrogen) atoms. The summed E-state index contributed by atoms with van der Waals surface area (Å²) in [7, 11) is -4.13. The molecule has 3 rings (SSSR count). The molecule has 3 aromatic rings. The highest BCUT2D eigenvalue weighted by Crippen LogP contribution is 2.27. The highest BCUT2D eigenvalue weighted by Gasteiger charge is 2.32. The van der Waals surface area contributed by atoms with E-state index in [1.807, 2.05) is 20.8 Å². The van der Waals surface area contributed by atoms with Crippen LogP contribution in [0.4, 0.5) is 5.69 Å². The number of nitrogens with one attached hydrogen (secondary N) is 1. The number of nitrogens with zero attached hydrogens (tertiary/aromatic N) is 2. The average molecular weight is 572 g/mol. The van der Waals surface area contributed by atoms with Gasteiger partial charge in [-0.1, -0.05) is 41.9 Å². The van der Waals surface area contributed by atoms with Crippen LogP contribution in [0, 0.1) is 0 Å². The van der Waals surface area contributed by atoms with Gasteiger partial charge in [-0.3, -0.25) is 13.9 Å². The SMILES string of the molecule is CCOc1ccc(N(CC(=O)N(Cc2cccc(Cl)c2)[C@@H](C)C(=O)NC(C)C)S(=O)(=O)c2ccccc2)cc1. The van der Waals surface area contributed by atoms with Crippen molar-refractivity contribution in [1.29, 1.82) is 0 Å². The quantitative estimate of drug-likeness (QED) is 0.334. The molecule has 0 unspecified atom stereocenters. The maximum absolute atomic E-state index is 13.9. The molecule has 0 spiro atoms. The van der Waals surface area contributed by atoms with Gasteiger partial charge in [-0.2, -0.15) is 0 Å². The van der Waals surface area contributed by atoms with E-state index < -0.39 is 28.5 Å². The van der Waals surface area contributed by atoms with Gasteiger partial charge in [0.15, 0.2) is 0 Å². The zero-order chi connectivity index (χ0) is 28.6. The minimum Gasteiger partial charge on any atom is -0.494 e. The minimum atomic E-state index is -4.13. The van der Waals surface area contributed by atoms with Crippen LogP contribution in [0.3, 0.4) is 0 Å². The summed E-state index contributed by atoms with van der Waals surface area (Å²) in [4.78, 5) is 28.2. The fraction of sp³-hybridized carbons (Fsp3) is 0.310. The summed E-state index contributed by atoms with van der Waals surface area (Å²) in [6.45, 7) is 7.12. The van der Waals surface area contributed by atoms with E-state index in [-0.39, 0.29) is 29.1 Å². The predicted octanol–water partition coefficient (Wildman–Crippen LogP) is 4.88. The number of hydrogen-bond acceptors (Lipinski definition) is 5. The van der Waals surface area contributed by atoms with Gasteiger partial charge in [0.1, 0.15) is 18.3 Å². The van der Waals surface area contributed by atoms with Gasteiger partial charge in [-0.25, -0.2) is 8.42 Å². The Balaban J connectivity index is 2.02. The Bertz CT molecular complexity index is 1370. The number of anilines is 1. The van der Waals surface area contributed by atoms with Gasteiger partial charge in [0.25, 0.3) is 10.0 Å².